The van der Waals surface area contributed by atoms with E-state index in [1.54, 1.807) is 12.5 Å². The zero-order valence-electron chi connectivity index (χ0n) is 22.5. The average molecular weight is 571 g/mol. The van der Waals surface area contributed by atoms with Crippen LogP contribution in [0.2, 0.25) is 0 Å². The van der Waals surface area contributed by atoms with Gasteiger partial charge < -0.3 is 9.80 Å². The highest BCUT2D eigenvalue weighted by molar-refractivity contribution is 7.99. The monoisotopic (exact) mass is 570 g/mol. The summed E-state index contributed by atoms with van der Waals surface area (Å²) in [6.07, 6.45) is 6.79. The lowest BCUT2D eigenvalue weighted by atomic mass is 9.87. The Morgan fingerprint density at radius 2 is 1.55 bits per heavy atom. The lowest BCUT2D eigenvalue weighted by Gasteiger charge is -2.33. The molecule has 0 amide bonds. The second-order valence-corrected chi connectivity index (χ2v) is 14.2. The number of hydrogen-bond acceptors (Lipinski definition) is 7. The van der Waals surface area contributed by atoms with Crippen molar-refractivity contribution in [2.45, 2.75) is 22.3 Å². The van der Waals surface area contributed by atoms with Crippen LogP contribution < -0.4 is 0 Å². The number of nitrogens with zero attached hydrogens (tertiary/aromatic N) is 4. The first kappa shape index (κ1) is 27.8. The summed E-state index contributed by atoms with van der Waals surface area (Å²) in [5, 5.41) is 7.61. The maximum Gasteiger partial charge on any atom is 0.0812 e. The van der Waals surface area contributed by atoms with Gasteiger partial charge >= 0.3 is 0 Å². The van der Waals surface area contributed by atoms with Gasteiger partial charge in [-0.2, -0.15) is 16.9 Å². The molecule has 2 aromatic rings. The predicted octanol–water partition coefficient (Wildman–Crippen LogP) is 3.96. The van der Waals surface area contributed by atoms with Crippen molar-refractivity contribution in [1.29, 1.82) is 0 Å². The molecule has 38 heavy (non-hydrogen) atoms. The molecule has 204 valence electrons. The molecule has 9 heteroatoms. The molecule has 3 heterocycles. The molecule has 0 spiro atoms. The van der Waals surface area contributed by atoms with E-state index in [2.05, 4.69) is 52.2 Å². The van der Waals surface area contributed by atoms with E-state index < -0.39 is 21.6 Å². The normalized spacial score (nSPS) is 25.3. The maximum absolute atomic E-state index is 12.0. The van der Waals surface area contributed by atoms with E-state index in [0.717, 1.165) is 72.5 Å². The molecule has 0 aromatic heterocycles. The van der Waals surface area contributed by atoms with Crippen LogP contribution in [0.3, 0.4) is 0 Å². The molecule has 0 aliphatic carbocycles. The molecule has 2 fully saturated rings. The smallest absolute Gasteiger partial charge is 0.0812 e. The second kappa shape index (κ2) is 12.6. The Morgan fingerprint density at radius 1 is 0.921 bits per heavy atom. The number of likely N-dealkylation sites (N-methyl/N-ethyl adjacent to an activating group) is 1. The Kier molecular flexibility index (Phi) is 9.21. The van der Waals surface area contributed by atoms with Gasteiger partial charge in [-0.05, 0) is 67.1 Å². The highest BCUT2D eigenvalue weighted by atomic mass is 32.2. The Bertz CT molecular complexity index is 1220. The Labute approximate surface area is 236 Å². The van der Waals surface area contributed by atoms with Gasteiger partial charge in [-0.15, -0.1) is 0 Å². The third kappa shape index (κ3) is 6.50. The highest BCUT2D eigenvalue weighted by Gasteiger charge is 2.41. The number of fused-ring (bicyclic) bond motifs is 1. The average Bonchev–Trinajstić information content (AvgIpc) is 3.29. The van der Waals surface area contributed by atoms with Crippen molar-refractivity contribution in [1.82, 2.24) is 14.8 Å². The molecular weight excluding hydrogens is 533 g/mol. The fourth-order valence-corrected chi connectivity index (χ4v) is 7.73. The molecule has 2 aromatic carbocycles. The molecule has 3 aliphatic heterocycles. The number of hydrazone groups is 1. The molecule has 0 radical (unpaired) electrons. The van der Waals surface area contributed by atoms with E-state index in [0.29, 0.717) is 5.92 Å². The van der Waals surface area contributed by atoms with Crippen LogP contribution in [0.4, 0.5) is 0 Å². The van der Waals surface area contributed by atoms with Crippen LogP contribution in [0, 0.1) is 5.92 Å². The van der Waals surface area contributed by atoms with E-state index >= 15 is 0 Å². The molecule has 3 aliphatic rings. The van der Waals surface area contributed by atoms with Gasteiger partial charge in [-0.3, -0.25) is 13.4 Å². The first-order valence-corrected chi connectivity index (χ1v) is 17.6. The molecule has 4 unspecified atom stereocenters. The summed E-state index contributed by atoms with van der Waals surface area (Å²) in [6.45, 7) is 6.59. The first-order valence-electron chi connectivity index (χ1n) is 13.3. The molecule has 4 atom stereocenters. The predicted molar refractivity (Wildman–Crippen MR) is 162 cm³/mol. The van der Waals surface area contributed by atoms with Crippen LogP contribution in [-0.4, -0.2) is 99.3 Å². The lowest BCUT2D eigenvalue weighted by molar-refractivity contribution is 0.139. The summed E-state index contributed by atoms with van der Waals surface area (Å²) in [4.78, 5) is 6.69. The molecule has 2 saturated heterocycles. The molecular formula is C29H38N4O2S3. The summed E-state index contributed by atoms with van der Waals surface area (Å²) < 4.78 is 23.8. The van der Waals surface area contributed by atoms with E-state index in [1.807, 2.05) is 36.0 Å². The van der Waals surface area contributed by atoms with Gasteiger partial charge in [0.2, 0.25) is 0 Å². The van der Waals surface area contributed by atoms with Crippen molar-refractivity contribution in [3.8, 4) is 0 Å². The van der Waals surface area contributed by atoms with Crippen LogP contribution in [0.25, 0.3) is 6.08 Å². The van der Waals surface area contributed by atoms with Crippen LogP contribution >= 0.6 is 11.8 Å². The van der Waals surface area contributed by atoms with Gasteiger partial charge in [-0.25, -0.2) is 0 Å². The van der Waals surface area contributed by atoms with Gasteiger partial charge in [0.15, 0.2) is 0 Å². The van der Waals surface area contributed by atoms with Crippen LogP contribution in [0.1, 0.15) is 23.6 Å². The van der Waals surface area contributed by atoms with Crippen molar-refractivity contribution in [2.75, 3.05) is 70.3 Å². The van der Waals surface area contributed by atoms with Crippen LogP contribution in [-0.2, 0) is 21.6 Å². The minimum atomic E-state index is -0.983. The SMILES string of the molecule is CN1CCN(CCCN2N=C3/C(=C/c4ccc(S(C)=O)cc4)CSCC3C2c2ccc(S(C)=O)cc2)CC1. The van der Waals surface area contributed by atoms with Gasteiger partial charge in [-0.1, -0.05) is 24.3 Å². The quantitative estimate of drug-likeness (QED) is 0.479. The van der Waals surface area contributed by atoms with Crippen molar-refractivity contribution in [2.24, 2.45) is 11.0 Å². The fourth-order valence-electron chi connectivity index (χ4n) is 5.52. The van der Waals surface area contributed by atoms with Gasteiger partial charge in [0.25, 0.3) is 0 Å². The molecule has 0 saturated carbocycles. The first-order chi connectivity index (χ1) is 18.4. The summed E-state index contributed by atoms with van der Waals surface area (Å²) in [5.41, 5.74) is 4.87. The maximum atomic E-state index is 12.0. The summed E-state index contributed by atoms with van der Waals surface area (Å²) in [6, 6.07) is 16.6. The lowest BCUT2D eigenvalue weighted by Crippen LogP contribution is -2.45. The topological polar surface area (TPSA) is 56.2 Å². The minimum Gasteiger partial charge on any atom is -0.304 e. The Morgan fingerprint density at radius 3 is 2.18 bits per heavy atom. The van der Waals surface area contributed by atoms with Gasteiger partial charge in [0.1, 0.15) is 0 Å². The number of rotatable bonds is 8. The minimum absolute atomic E-state index is 0.193. The molecule has 5 rings (SSSR count). The number of hydrogen-bond donors (Lipinski definition) is 0. The van der Waals surface area contributed by atoms with Crippen molar-refractivity contribution in [3.63, 3.8) is 0 Å². The number of piperazine rings is 1. The van der Waals surface area contributed by atoms with E-state index in [9.17, 15) is 8.42 Å². The third-order valence-electron chi connectivity index (χ3n) is 7.74. The molecule has 6 nitrogen and oxygen atoms in total. The molecule has 0 bridgehead atoms. The number of thioether (sulfide) groups is 1. The van der Waals surface area contributed by atoms with Crippen LogP contribution in [0.5, 0.6) is 0 Å². The fraction of sp³-hybridized carbons (Fsp3) is 0.483. The zero-order chi connectivity index (χ0) is 26.6. The van der Waals surface area contributed by atoms with E-state index in [-0.39, 0.29) is 6.04 Å². The molecule has 0 N–H and O–H groups in total. The zero-order valence-corrected chi connectivity index (χ0v) is 25.0. The van der Waals surface area contributed by atoms with Crippen molar-refractivity contribution >= 4 is 45.1 Å². The summed E-state index contributed by atoms with van der Waals surface area (Å²) in [7, 11) is 0.246. The summed E-state index contributed by atoms with van der Waals surface area (Å²) in [5.74, 6) is 2.32. The Balaban J connectivity index is 1.38. The van der Waals surface area contributed by atoms with E-state index in [4.69, 9.17) is 5.10 Å². The third-order valence-corrected chi connectivity index (χ3v) is 10.7. The van der Waals surface area contributed by atoms with Crippen LogP contribution in [0.15, 0.2) is 69.0 Å². The van der Waals surface area contributed by atoms with Gasteiger partial charge in [0, 0.05) is 94.0 Å². The Hall–Kier alpha value is -1.78. The standard InChI is InChI=1S/C29H38N4O2S3/c1-31-15-17-32(18-16-31)13-4-14-33-29(23-7-11-26(12-8-23)38(3)35)27-21-36-20-24(28(27)30-33)19-22-5-9-25(10-6-22)37(2)34/h5-12,19,27,29H,4,13-18,20-21H2,1-3H3/b24-19+. The van der Waals surface area contributed by atoms with Crippen molar-refractivity contribution in [3.05, 3.63) is 65.2 Å². The number of benzene rings is 2. The summed E-state index contributed by atoms with van der Waals surface area (Å²) >= 11 is 1.98. The highest BCUT2D eigenvalue weighted by Crippen LogP contribution is 2.43. The largest absolute Gasteiger partial charge is 0.304 e. The van der Waals surface area contributed by atoms with Gasteiger partial charge in [0.05, 0.1) is 11.8 Å². The van der Waals surface area contributed by atoms with Crippen molar-refractivity contribution < 1.29 is 8.42 Å². The second-order valence-electron chi connectivity index (χ2n) is 10.4. The van der Waals surface area contributed by atoms with E-state index in [1.165, 1.54) is 16.8 Å².